The Morgan fingerprint density at radius 2 is 1.53 bits per heavy atom. The number of rotatable bonds is 25. The Morgan fingerprint density at radius 3 is 2.09 bits per heavy atom. The smallest absolute Gasteiger partial charge is 0.407 e. The Hall–Kier alpha value is -5.52. The van der Waals surface area contributed by atoms with Crippen LogP contribution in [0.4, 0.5) is 4.79 Å². The second-order valence-corrected chi connectivity index (χ2v) is 16.2. The van der Waals surface area contributed by atoms with Crippen molar-refractivity contribution in [1.82, 2.24) is 20.9 Å². The van der Waals surface area contributed by atoms with E-state index in [-0.39, 0.29) is 25.3 Å². The summed E-state index contributed by atoms with van der Waals surface area (Å²) < 4.78 is 38.7. The highest BCUT2D eigenvalue weighted by molar-refractivity contribution is 7.99. The molecule has 1 aromatic carbocycles. The van der Waals surface area contributed by atoms with E-state index in [9.17, 15) is 43.2 Å². The van der Waals surface area contributed by atoms with E-state index < -0.39 is 134 Å². The number of carbonyl (C=O) groups excluding carboxylic acids is 9. The minimum absolute atomic E-state index is 0.0571. The molecular formula is C41H62N6O16S. The van der Waals surface area contributed by atoms with Gasteiger partial charge < -0.3 is 65.5 Å². The molecule has 22 nitrogen and oxygen atoms in total. The topological polar surface area (TPSA) is 310 Å². The first-order valence-electron chi connectivity index (χ1n) is 20.5. The average Bonchev–Trinajstić information content (AvgIpc) is 3.19. The van der Waals surface area contributed by atoms with Crippen LogP contribution in [0.3, 0.4) is 0 Å². The molecule has 0 saturated carbocycles. The highest BCUT2D eigenvalue weighted by atomic mass is 32.2. The van der Waals surface area contributed by atoms with Crippen molar-refractivity contribution in [2.75, 3.05) is 31.2 Å². The zero-order chi connectivity index (χ0) is 48.1. The number of hydrogen-bond acceptors (Lipinski definition) is 18. The van der Waals surface area contributed by atoms with Gasteiger partial charge in [0.25, 0.3) is 0 Å². The minimum atomic E-state index is -1.55. The highest BCUT2D eigenvalue weighted by Gasteiger charge is 2.51. The number of amides is 5. The summed E-state index contributed by atoms with van der Waals surface area (Å²) in [6.45, 7) is 9.95. The predicted molar refractivity (Wildman–Crippen MR) is 227 cm³/mol. The first-order chi connectivity index (χ1) is 30.1. The lowest BCUT2D eigenvalue weighted by Crippen LogP contribution is -2.67. The second-order valence-electron chi connectivity index (χ2n) is 15.1. The van der Waals surface area contributed by atoms with Crippen LogP contribution in [0.5, 0.6) is 0 Å². The molecule has 1 aromatic rings. The van der Waals surface area contributed by atoms with Crippen LogP contribution in [-0.4, -0.2) is 151 Å². The van der Waals surface area contributed by atoms with Gasteiger partial charge in [0.05, 0.1) is 18.2 Å². The van der Waals surface area contributed by atoms with E-state index in [4.69, 9.17) is 44.6 Å². The van der Waals surface area contributed by atoms with Crippen LogP contribution in [0.25, 0.3) is 0 Å². The summed E-state index contributed by atoms with van der Waals surface area (Å²) in [5, 5.41) is 7.81. The van der Waals surface area contributed by atoms with Gasteiger partial charge in [-0.05, 0) is 39.7 Å². The molecule has 64 heavy (non-hydrogen) atoms. The lowest BCUT2D eigenvalue weighted by Gasteiger charge is -2.46. The zero-order valence-electron chi connectivity index (χ0n) is 37.4. The maximum atomic E-state index is 13.6. The van der Waals surface area contributed by atoms with Crippen molar-refractivity contribution in [2.45, 2.75) is 136 Å². The van der Waals surface area contributed by atoms with E-state index in [1.165, 1.54) is 25.6 Å². The third-order valence-electron chi connectivity index (χ3n) is 8.90. The van der Waals surface area contributed by atoms with E-state index >= 15 is 0 Å². The predicted octanol–water partition coefficient (Wildman–Crippen LogP) is -0.0465. The Kier molecular flexibility index (Phi) is 23.6. The number of ether oxygens (including phenoxy) is 7. The standard InChI is InChI=1S/C41H62N6O16S/c1-22(2)59-39(55)30(21-64-17-16-44-41(56)58-19-29-12-10-9-11-13-29)46-33(52)15-14-31(37(43)53)47(38(54)24(4)42)18-23(3)60-36-34(45-25(5)48)40(62-28(8)51)63-32(20-57-26(6)49)35(36)61-27(7)50/h9-13,22-24,30-32,34-36,40H,14-21,42H2,1-8H3,(H2,43,53)(H,44,56)(H,45,48)(H,46,52)/t23?,24-,30-,31+,32+,34+,35+,36+,40-/m0/s1. The Balaban J connectivity index is 2.25. The number of carbonyl (C=O) groups is 9. The van der Waals surface area contributed by atoms with Crippen molar-refractivity contribution in [2.24, 2.45) is 11.5 Å². The molecule has 2 rings (SSSR count). The zero-order valence-corrected chi connectivity index (χ0v) is 38.2. The van der Waals surface area contributed by atoms with Gasteiger partial charge in [-0.3, -0.25) is 33.6 Å². The summed E-state index contributed by atoms with van der Waals surface area (Å²) in [5.74, 6) is -5.75. The quantitative estimate of drug-likeness (QED) is 0.0488. The molecule has 5 amide bonds. The maximum absolute atomic E-state index is 13.6. The molecule has 0 aliphatic carbocycles. The van der Waals surface area contributed by atoms with Gasteiger partial charge in [-0.1, -0.05) is 30.3 Å². The van der Waals surface area contributed by atoms with Gasteiger partial charge >= 0.3 is 30.0 Å². The fraction of sp³-hybridized carbons (Fsp3) is 0.634. The fourth-order valence-corrected chi connectivity index (χ4v) is 7.14. The summed E-state index contributed by atoms with van der Waals surface area (Å²) >= 11 is 1.25. The summed E-state index contributed by atoms with van der Waals surface area (Å²) in [7, 11) is 0. The van der Waals surface area contributed by atoms with Crippen LogP contribution in [0.2, 0.25) is 0 Å². The van der Waals surface area contributed by atoms with E-state index in [1.807, 2.05) is 30.3 Å². The number of primary amides is 1. The number of esters is 4. The van der Waals surface area contributed by atoms with Crippen molar-refractivity contribution in [3.63, 3.8) is 0 Å². The first kappa shape index (κ1) is 54.6. The van der Waals surface area contributed by atoms with Crippen LogP contribution in [-0.2, 0) is 78.1 Å². The molecule has 1 aliphatic heterocycles. The first-order valence-corrected chi connectivity index (χ1v) is 21.7. The Morgan fingerprint density at radius 1 is 0.875 bits per heavy atom. The van der Waals surface area contributed by atoms with Crippen molar-refractivity contribution in [3.05, 3.63) is 35.9 Å². The van der Waals surface area contributed by atoms with Gasteiger partial charge in [-0.25, -0.2) is 9.59 Å². The van der Waals surface area contributed by atoms with Gasteiger partial charge in [0.1, 0.15) is 43.5 Å². The molecule has 1 saturated heterocycles. The molecule has 23 heteroatoms. The highest BCUT2D eigenvalue weighted by Crippen LogP contribution is 2.29. The molecule has 0 radical (unpaired) electrons. The minimum Gasteiger partial charge on any atom is -0.463 e. The number of nitrogens with zero attached hydrogens (tertiary/aromatic N) is 1. The van der Waals surface area contributed by atoms with Gasteiger partial charge in [0.15, 0.2) is 6.10 Å². The van der Waals surface area contributed by atoms with Crippen LogP contribution in [0.1, 0.15) is 73.8 Å². The number of thioether (sulfide) groups is 1. The third-order valence-corrected chi connectivity index (χ3v) is 9.96. The number of nitrogens with two attached hydrogens (primary N) is 2. The lowest BCUT2D eigenvalue weighted by molar-refractivity contribution is -0.279. The molecule has 1 unspecified atom stereocenters. The van der Waals surface area contributed by atoms with Gasteiger partial charge in [0, 0.05) is 58.7 Å². The molecular weight excluding hydrogens is 865 g/mol. The van der Waals surface area contributed by atoms with Gasteiger partial charge in [-0.15, -0.1) is 0 Å². The van der Waals surface area contributed by atoms with E-state index in [2.05, 4.69) is 16.0 Å². The van der Waals surface area contributed by atoms with E-state index in [0.717, 1.165) is 38.2 Å². The molecule has 0 bridgehead atoms. The molecule has 1 aliphatic rings. The Labute approximate surface area is 376 Å². The summed E-state index contributed by atoms with van der Waals surface area (Å²) in [6.07, 6.45) is -8.60. The van der Waals surface area contributed by atoms with E-state index in [1.54, 1.807) is 13.8 Å². The van der Waals surface area contributed by atoms with Gasteiger partial charge in [0.2, 0.25) is 29.9 Å². The van der Waals surface area contributed by atoms with Crippen molar-refractivity contribution < 1.29 is 76.3 Å². The number of benzene rings is 1. The SMILES string of the molecule is CC(=O)N[C@H]1[C@@H](OC(C)=O)O[C@H](COC(C)=O)[C@@H](OC(C)=O)[C@@H]1OC(C)CN(C(=O)[C@H](C)N)[C@H](CCC(=O)N[C@@H](CSCCNC(=O)OCc1ccccc1)C(=O)OC(C)C)C(N)=O. The van der Waals surface area contributed by atoms with Crippen molar-refractivity contribution in [3.8, 4) is 0 Å². The third kappa shape index (κ3) is 19.9. The molecule has 0 spiro atoms. The second kappa shape index (κ2) is 27.6. The van der Waals surface area contributed by atoms with Crippen LogP contribution in [0, 0.1) is 0 Å². The molecule has 9 atom stereocenters. The molecule has 0 aromatic heterocycles. The normalized spacial score (nSPS) is 19.9. The van der Waals surface area contributed by atoms with E-state index in [0.29, 0.717) is 5.75 Å². The average molecular weight is 927 g/mol. The Bertz CT molecular complexity index is 1750. The van der Waals surface area contributed by atoms with Crippen molar-refractivity contribution in [1.29, 1.82) is 0 Å². The van der Waals surface area contributed by atoms with Crippen molar-refractivity contribution >= 4 is 65.4 Å². The molecule has 7 N–H and O–H groups in total. The molecule has 1 heterocycles. The maximum Gasteiger partial charge on any atom is 0.407 e. The number of nitrogens with one attached hydrogen (secondary N) is 3. The van der Waals surface area contributed by atoms with Gasteiger partial charge in [-0.2, -0.15) is 11.8 Å². The number of hydrogen-bond donors (Lipinski definition) is 5. The summed E-state index contributed by atoms with van der Waals surface area (Å²) in [5.41, 5.74) is 12.6. The lowest BCUT2D eigenvalue weighted by atomic mass is 9.95. The van der Waals surface area contributed by atoms with Crippen LogP contribution < -0.4 is 27.4 Å². The summed E-state index contributed by atoms with van der Waals surface area (Å²) in [6, 6.07) is 4.02. The number of alkyl carbamates (subject to hydrolysis) is 1. The van der Waals surface area contributed by atoms with Crippen LogP contribution in [0.15, 0.2) is 30.3 Å². The largest absolute Gasteiger partial charge is 0.463 e. The summed E-state index contributed by atoms with van der Waals surface area (Å²) in [4.78, 5) is 115. The fourth-order valence-electron chi connectivity index (χ4n) is 6.28. The molecule has 358 valence electrons. The monoisotopic (exact) mass is 926 g/mol. The van der Waals surface area contributed by atoms with Crippen LogP contribution >= 0.6 is 11.8 Å². The molecule has 1 fully saturated rings.